The number of aromatic nitrogens is 2. The summed E-state index contributed by atoms with van der Waals surface area (Å²) in [6.07, 6.45) is -0.850. The van der Waals surface area contributed by atoms with E-state index in [1.54, 1.807) is 24.3 Å². The third-order valence-electron chi connectivity index (χ3n) is 2.72. The first kappa shape index (κ1) is 16.3. The number of carbonyl (C=O) groups is 2. The summed E-state index contributed by atoms with van der Waals surface area (Å²) in [7, 11) is 0. The molecule has 1 heterocycles. The van der Waals surface area contributed by atoms with Gasteiger partial charge in [-0.2, -0.15) is 5.10 Å². The number of carboxylic acid groups (broad SMARTS) is 1. The molecule has 2 rings (SSSR count). The van der Waals surface area contributed by atoms with E-state index in [2.05, 4.69) is 15.5 Å². The molecule has 0 spiro atoms. The quantitative estimate of drug-likeness (QED) is 0.602. The first-order valence-corrected chi connectivity index (χ1v) is 6.65. The third-order valence-corrected chi connectivity index (χ3v) is 2.72. The van der Waals surface area contributed by atoms with Gasteiger partial charge in [0.1, 0.15) is 13.2 Å². The molecule has 9 heteroatoms. The number of carbonyl (C=O) groups excluding carboxylic acids is 1. The number of H-pyrrole nitrogens is 1. The smallest absolute Gasteiger partial charge is 0.413 e. The number of aromatic carboxylic acids is 1. The fourth-order valence-electron chi connectivity index (χ4n) is 1.72. The number of aliphatic hydroxyl groups is 1. The zero-order valence-electron chi connectivity index (χ0n) is 12.0. The lowest BCUT2D eigenvalue weighted by Gasteiger charge is -2.06. The van der Waals surface area contributed by atoms with Crippen LogP contribution in [0.5, 0.6) is 5.88 Å². The number of carboxylic acids is 1. The highest BCUT2D eigenvalue weighted by molar-refractivity contribution is 5.99. The number of nitrogens with one attached hydrogen (secondary N) is 2. The Morgan fingerprint density at radius 1 is 1.26 bits per heavy atom. The van der Waals surface area contributed by atoms with Crippen molar-refractivity contribution in [1.29, 1.82) is 0 Å². The van der Waals surface area contributed by atoms with Crippen molar-refractivity contribution in [2.24, 2.45) is 0 Å². The van der Waals surface area contributed by atoms with Crippen LogP contribution in [0.1, 0.15) is 15.9 Å². The molecule has 0 aliphatic rings. The van der Waals surface area contributed by atoms with Crippen molar-refractivity contribution in [1.82, 2.24) is 10.2 Å². The predicted molar refractivity (Wildman–Crippen MR) is 78.4 cm³/mol. The number of benzene rings is 1. The molecular weight excluding hydrogens is 306 g/mol. The number of ether oxygens (including phenoxy) is 2. The average Bonchev–Trinajstić information content (AvgIpc) is 2.94. The van der Waals surface area contributed by atoms with Crippen LogP contribution in [-0.4, -0.2) is 45.7 Å². The number of aromatic amines is 1. The van der Waals surface area contributed by atoms with Gasteiger partial charge in [0, 0.05) is 0 Å². The van der Waals surface area contributed by atoms with E-state index in [0.29, 0.717) is 0 Å². The van der Waals surface area contributed by atoms with Crippen LogP contribution < -0.4 is 10.1 Å². The summed E-state index contributed by atoms with van der Waals surface area (Å²) >= 11 is 0. The van der Waals surface area contributed by atoms with E-state index in [1.807, 2.05) is 6.07 Å². The minimum absolute atomic E-state index is 0.0351. The van der Waals surface area contributed by atoms with E-state index in [1.165, 1.54) is 0 Å². The maximum absolute atomic E-state index is 11.7. The summed E-state index contributed by atoms with van der Waals surface area (Å²) in [6.45, 7) is -0.367. The molecule has 0 bridgehead atoms. The van der Waals surface area contributed by atoms with E-state index in [9.17, 15) is 9.59 Å². The number of rotatable bonds is 7. The summed E-state index contributed by atoms with van der Waals surface area (Å²) in [5.41, 5.74) is 0.435. The molecule has 0 aliphatic carbocycles. The molecule has 1 amide bonds. The van der Waals surface area contributed by atoms with Crippen LogP contribution in [0.3, 0.4) is 0 Å². The van der Waals surface area contributed by atoms with Gasteiger partial charge >= 0.3 is 12.1 Å². The molecule has 1 aromatic carbocycles. The molecule has 0 aliphatic heterocycles. The Hall–Kier alpha value is -3.07. The molecule has 0 unspecified atom stereocenters. The largest absolute Gasteiger partial charge is 0.477 e. The fraction of sp³-hybridized carbons (Fsp3) is 0.214. The third kappa shape index (κ3) is 4.45. The Balaban J connectivity index is 2.00. The second-order valence-corrected chi connectivity index (χ2v) is 4.34. The zero-order chi connectivity index (χ0) is 16.7. The lowest BCUT2D eigenvalue weighted by atomic mass is 10.2. The van der Waals surface area contributed by atoms with Crippen molar-refractivity contribution in [3.05, 3.63) is 41.5 Å². The lowest BCUT2D eigenvalue weighted by molar-refractivity contribution is 0.0692. The van der Waals surface area contributed by atoms with Crippen LogP contribution >= 0.6 is 0 Å². The topological polar surface area (TPSA) is 134 Å². The van der Waals surface area contributed by atoms with Crippen LogP contribution in [0.2, 0.25) is 0 Å². The molecule has 122 valence electrons. The maximum atomic E-state index is 11.7. The standard InChI is InChI=1S/C14H15N3O6/c18-6-7-22-12-10(13(19)20)11(16-17-12)15-14(21)23-8-9-4-2-1-3-5-9/h1-5,18H,6-8H2,(H,19,20)(H2,15,16,17,21). The summed E-state index contributed by atoms with van der Waals surface area (Å²) in [5, 5.41) is 26.1. The van der Waals surface area contributed by atoms with Gasteiger partial charge in [-0.15, -0.1) is 0 Å². The minimum atomic E-state index is -1.34. The van der Waals surface area contributed by atoms with Crippen LogP contribution in [0.4, 0.5) is 10.6 Å². The van der Waals surface area contributed by atoms with Crippen molar-refractivity contribution in [3.63, 3.8) is 0 Å². The van der Waals surface area contributed by atoms with Gasteiger partial charge < -0.3 is 19.7 Å². The Bertz CT molecular complexity index is 670. The van der Waals surface area contributed by atoms with Gasteiger partial charge in [0.05, 0.1) is 6.61 Å². The van der Waals surface area contributed by atoms with Crippen molar-refractivity contribution < 1.29 is 29.3 Å². The Morgan fingerprint density at radius 3 is 2.65 bits per heavy atom. The van der Waals surface area contributed by atoms with E-state index < -0.39 is 12.1 Å². The lowest BCUT2D eigenvalue weighted by Crippen LogP contribution is -2.16. The number of amides is 1. The number of anilines is 1. The molecule has 1 aromatic heterocycles. The maximum Gasteiger partial charge on any atom is 0.413 e. The van der Waals surface area contributed by atoms with E-state index in [4.69, 9.17) is 19.7 Å². The molecule has 23 heavy (non-hydrogen) atoms. The molecule has 9 nitrogen and oxygen atoms in total. The van der Waals surface area contributed by atoms with Gasteiger partial charge in [-0.05, 0) is 5.56 Å². The second kappa shape index (κ2) is 7.80. The van der Waals surface area contributed by atoms with Gasteiger partial charge in [0.25, 0.3) is 0 Å². The molecule has 2 aromatic rings. The highest BCUT2D eigenvalue weighted by atomic mass is 16.5. The number of nitrogens with zero attached hydrogens (tertiary/aromatic N) is 1. The summed E-state index contributed by atoms with van der Waals surface area (Å²) in [5.74, 6) is -1.74. The first-order chi connectivity index (χ1) is 11.1. The van der Waals surface area contributed by atoms with Gasteiger partial charge in [-0.25, -0.2) is 14.7 Å². The average molecular weight is 321 g/mol. The molecular formula is C14H15N3O6. The van der Waals surface area contributed by atoms with E-state index in [0.717, 1.165) is 5.56 Å². The molecule has 0 saturated heterocycles. The monoisotopic (exact) mass is 321 g/mol. The zero-order valence-corrected chi connectivity index (χ0v) is 12.0. The highest BCUT2D eigenvalue weighted by Gasteiger charge is 2.23. The number of aliphatic hydroxyl groups excluding tert-OH is 1. The second-order valence-electron chi connectivity index (χ2n) is 4.34. The molecule has 0 atom stereocenters. The van der Waals surface area contributed by atoms with Gasteiger partial charge in [-0.1, -0.05) is 30.3 Å². The highest BCUT2D eigenvalue weighted by Crippen LogP contribution is 2.23. The van der Waals surface area contributed by atoms with Crippen LogP contribution in [-0.2, 0) is 11.3 Å². The van der Waals surface area contributed by atoms with Crippen molar-refractivity contribution >= 4 is 17.9 Å². The van der Waals surface area contributed by atoms with Crippen LogP contribution in [0.25, 0.3) is 0 Å². The van der Waals surface area contributed by atoms with Gasteiger partial charge in [-0.3, -0.25) is 5.32 Å². The number of hydrogen-bond acceptors (Lipinski definition) is 6. The molecule has 0 radical (unpaired) electrons. The Morgan fingerprint density at radius 2 is 2.00 bits per heavy atom. The Labute approximate surface area is 130 Å². The van der Waals surface area contributed by atoms with E-state index >= 15 is 0 Å². The number of hydrogen-bond donors (Lipinski definition) is 4. The predicted octanol–water partition coefficient (Wildman–Crippen LogP) is 1.23. The summed E-state index contributed by atoms with van der Waals surface area (Å²) in [4.78, 5) is 23.0. The van der Waals surface area contributed by atoms with Crippen molar-refractivity contribution in [2.45, 2.75) is 6.61 Å². The van der Waals surface area contributed by atoms with Gasteiger partial charge in [0.2, 0.25) is 5.88 Å². The van der Waals surface area contributed by atoms with E-state index in [-0.39, 0.29) is 37.1 Å². The van der Waals surface area contributed by atoms with Gasteiger partial charge in [0.15, 0.2) is 11.4 Å². The fourth-order valence-corrected chi connectivity index (χ4v) is 1.72. The minimum Gasteiger partial charge on any atom is -0.477 e. The Kier molecular flexibility index (Phi) is 5.53. The summed E-state index contributed by atoms with van der Waals surface area (Å²) < 4.78 is 9.98. The first-order valence-electron chi connectivity index (χ1n) is 6.65. The van der Waals surface area contributed by atoms with Crippen LogP contribution in [0, 0.1) is 0 Å². The van der Waals surface area contributed by atoms with Crippen molar-refractivity contribution in [3.8, 4) is 5.88 Å². The SMILES string of the molecule is O=C(Nc1n[nH]c(OCCO)c1C(=O)O)OCc1ccccc1. The molecule has 4 N–H and O–H groups in total. The molecule has 0 saturated carbocycles. The van der Waals surface area contributed by atoms with Crippen LogP contribution in [0.15, 0.2) is 30.3 Å². The van der Waals surface area contributed by atoms with Crippen molar-refractivity contribution in [2.75, 3.05) is 18.5 Å². The normalized spacial score (nSPS) is 10.1. The summed E-state index contributed by atoms with van der Waals surface area (Å²) in [6, 6.07) is 9.01. The molecule has 0 fully saturated rings.